The van der Waals surface area contributed by atoms with Gasteiger partial charge in [0.2, 0.25) is 5.91 Å². The largest absolute Gasteiger partial charge is 0.481 e. The zero-order valence-electron chi connectivity index (χ0n) is 14.2. The fourth-order valence-electron chi connectivity index (χ4n) is 3.27. The molecule has 0 aliphatic heterocycles. The predicted octanol–water partition coefficient (Wildman–Crippen LogP) is 3.31. The van der Waals surface area contributed by atoms with Crippen LogP contribution < -0.4 is 5.32 Å². The molecule has 0 unspecified atom stereocenters. The van der Waals surface area contributed by atoms with E-state index in [0.717, 1.165) is 30.4 Å². The summed E-state index contributed by atoms with van der Waals surface area (Å²) in [5.41, 5.74) is 1.70. The van der Waals surface area contributed by atoms with Gasteiger partial charge in [-0.2, -0.15) is 0 Å². The second-order valence-electron chi connectivity index (χ2n) is 6.74. The second kappa shape index (κ2) is 7.51. The Morgan fingerprint density at radius 1 is 1.00 bits per heavy atom. The number of carboxylic acids is 1. The molecule has 0 heterocycles. The second-order valence-corrected chi connectivity index (χ2v) is 6.74. The number of carboxylic acid groups (broad SMARTS) is 1. The van der Waals surface area contributed by atoms with E-state index < -0.39 is 11.4 Å². The monoisotopic (exact) mass is 337 g/mol. The molecule has 130 valence electrons. The van der Waals surface area contributed by atoms with Crippen LogP contribution in [0.4, 0.5) is 0 Å². The Morgan fingerprint density at radius 3 is 2.16 bits per heavy atom. The first-order valence-corrected chi connectivity index (χ1v) is 8.72. The number of carbonyl (C=O) groups is 2. The van der Waals surface area contributed by atoms with Gasteiger partial charge in [-0.1, -0.05) is 60.7 Å². The van der Waals surface area contributed by atoms with Crippen molar-refractivity contribution in [1.29, 1.82) is 0 Å². The van der Waals surface area contributed by atoms with E-state index in [4.69, 9.17) is 0 Å². The lowest BCUT2D eigenvalue weighted by Crippen LogP contribution is -2.42. The number of amides is 1. The predicted molar refractivity (Wildman–Crippen MR) is 96.3 cm³/mol. The molecule has 0 saturated heterocycles. The zero-order valence-corrected chi connectivity index (χ0v) is 14.2. The van der Waals surface area contributed by atoms with Gasteiger partial charge in [0.25, 0.3) is 0 Å². The highest BCUT2D eigenvalue weighted by Crippen LogP contribution is 2.48. The minimum atomic E-state index is -0.886. The summed E-state index contributed by atoms with van der Waals surface area (Å²) in [4.78, 5) is 24.0. The van der Waals surface area contributed by atoms with Crippen molar-refractivity contribution in [1.82, 2.24) is 5.32 Å². The number of hydrogen-bond acceptors (Lipinski definition) is 2. The molecule has 2 aromatic rings. The first-order chi connectivity index (χ1) is 12.1. The van der Waals surface area contributed by atoms with E-state index in [-0.39, 0.29) is 18.4 Å². The van der Waals surface area contributed by atoms with Gasteiger partial charge in [0.05, 0.1) is 11.8 Å². The molecule has 1 fully saturated rings. The molecule has 1 saturated carbocycles. The summed E-state index contributed by atoms with van der Waals surface area (Å²) in [5, 5.41) is 12.2. The molecule has 0 bridgehead atoms. The molecule has 2 N–H and O–H groups in total. The summed E-state index contributed by atoms with van der Waals surface area (Å²) in [6.45, 7) is 0. The Kier molecular flexibility index (Phi) is 5.17. The maximum absolute atomic E-state index is 12.8. The highest BCUT2D eigenvalue weighted by molar-refractivity contribution is 5.91. The van der Waals surface area contributed by atoms with Crippen molar-refractivity contribution >= 4 is 11.9 Å². The number of benzene rings is 2. The van der Waals surface area contributed by atoms with Crippen molar-refractivity contribution in [2.45, 2.75) is 43.6 Å². The fourth-order valence-corrected chi connectivity index (χ4v) is 3.27. The molecule has 2 aromatic carbocycles. The molecular formula is C21H23NO3. The van der Waals surface area contributed by atoms with Crippen LogP contribution in [-0.4, -0.2) is 23.0 Å². The topological polar surface area (TPSA) is 66.4 Å². The van der Waals surface area contributed by atoms with Gasteiger partial charge in [0.15, 0.2) is 0 Å². The average molecular weight is 337 g/mol. The van der Waals surface area contributed by atoms with E-state index in [9.17, 15) is 14.7 Å². The number of aryl methyl sites for hydroxylation is 1. The summed E-state index contributed by atoms with van der Waals surface area (Å²) in [7, 11) is 0. The van der Waals surface area contributed by atoms with Crippen LogP contribution in [-0.2, 0) is 21.4 Å². The lowest BCUT2D eigenvalue weighted by Gasteiger charge is -2.22. The van der Waals surface area contributed by atoms with Crippen LogP contribution in [0.5, 0.6) is 0 Å². The lowest BCUT2D eigenvalue weighted by atomic mass is 9.94. The Balaban J connectivity index is 1.65. The van der Waals surface area contributed by atoms with Crippen LogP contribution in [0.3, 0.4) is 0 Å². The van der Waals surface area contributed by atoms with Crippen LogP contribution in [0.1, 0.15) is 36.8 Å². The van der Waals surface area contributed by atoms with Crippen molar-refractivity contribution < 1.29 is 14.7 Å². The summed E-state index contributed by atoms with van der Waals surface area (Å²) < 4.78 is 0. The standard InChI is InChI=1S/C21H23NO3/c23-19(24)15-18(12-11-16-7-3-1-4-8-16)22-20(25)21(13-14-21)17-9-5-2-6-10-17/h1-10,18H,11-15H2,(H,22,25)(H,23,24)/t18-/m1/s1. The molecule has 0 aromatic heterocycles. The summed E-state index contributed by atoms with van der Waals surface area (Å²) in [5.74, 6) is -0.930. The van der Waals surface area contributed by atoms with E-state index in [1.807, 2.05) is 60.7 Å². The number of hydrogen-bond donors (Lipinski definition) is 2. The number of nitrogens with one attached hydrogen (secondary N) is 1. The van der Waals surface area contributed by atoms with E-state index in [1.54, 1.807) is 0 Å². The van der Waals surface area contributed by atoms with Gasteiger partial charge in [0, 0.05) is 6.04 Å². The van der Waals surface area contributed by atoms with E-state index in [2.05, 4.69) is 5.32 Å². The Morgan fingerprint density at radius 2 is 1.60 bits per heavy atom. The van der Waals surface area contributed by atoms with Gasteiger partial charge in [-0.25, -0.2) is 0 Å². The molecule has 1 amide bonds. The van der Waals surface area contributed by atoms with Gasteiger partial charge >= 0.3 is 5.97 Å². The third kappa shape index (κ3) is 4.27. The van der Waals surface area contributed by atoms with Crippen molar-refractivity contribution in [2.75, 3.05) is 0 Å². The first-order valence-electron chi connectivity index (χ1n) is 8.72. The van der Waals surface area contributed by atoms with Crippen molar-refractivity contribution in [2.24, 2.45) is 0 Å². The van der Waals surface area contributed by atoms with Crippen LogP contribution in [0.25, 0.3) is 0 Å². The lowest BCUT2D eigenvalue weighted by molar-refractivity contribution is -0.137. The molecular weight excluding hydrogens is 314 g/mol. The number of rotatable bonds is 8. The number of carbonyl (C=O) groups excluding carboxylic acids is 1. The molecule has 1 atom stereocenters. The fraction of sp³-hybridized carbons (Fsp3) is 0.333. The van der Waals surface area contributed by atoms with E-state index in [1.165, 1.54) is 0 Å². The summed E-state index contributed by atoms with van der Waals surface area (Å²) in [6.07, 6.45) is 2.95. The normalized spacial score (nSPS) is 16.0. The summed E-state index contributed by atoms with van der Waals surface area (Å²) >= 11 is 0. The van der Waals surface area contributed by atoms with Gasteiger partial charge < -0.3 is 10.4 Å². The minimum Gasteiger partial charge on any atom is -0.481 e. The average Bonchev–Trinajstić information content (AvgIpc) is 3.43. The van der Waals surface area contributed by atoms with E-state index >= 15 is 0 Å². The quantitative estimate of drug-likeness (QED) is 0.776. The van der Waals surface area contributed by atoms with Crippen LogP contribution >= 0.6 is 0 Å². The number of aliphatic carboxylic acids is 1. The molecule has 4 heteroatoms. The van der Waals surface area contributed by atoms with Crippen LogP contribution in [0.15, 0.2) is 60.7 Å². The molecule has 1 aliphatic carbocycles. The minimum absolute atomic E-state index is 0.0435. The Bertz CT molecular complexity index is 723. The molecule has 4 nitrogen and oxygen atoms in total. The molecule has 3 rings (SSSR count). The van der Waals surface area contributed by atoms with Crippen molar-refractivity contribution in [3.05, 3.63) is 71.8 Å². The smallest absolute Gasteiger partial charge is 0.305 e. The zero-order chi connectivity index (χ0) is 17.7. The molecule has 0 radical (unpaired) electrons. The van der Waals surface area contributed by atoms with Gasteiger partial charge in [-0.15, -0.1) is 0 Å². The maximum atomic E-state index is 12.8. The molecule has 1 aliphatic rings. The first kappa shape index (κ1) is 17.2. The van der Waals surface area contributed by atoms with Gasteiger partial charge in [-0.3, -0.25) is 9.59 Å². The highest BCUT2D eigenvalue weighted by atomic mass is 16.4. The molecule has 25 heavy (non-hydrogen) atoms. The van der Waals surface area contributed by atoms with Gasteiger partial charge in [0.1, 0.15) is 0 Å². The Hall–Kier alpha value is -2.62. The van der Waals surface area contributed by atoms with Crippen LogP contribution in [0, 0.1) is 0 Å². The van der Waals surface area contributed by atoms with Gasteiger partial charge in [-0.05, 0) is 36.8 Å². The SMILES string of the molecule is O=C(O)C[C@@H](CCc1ccccc1)NC(=O)C1(c2ccccc2)CC1. The third-order valence-electron chi connectivity index (χ3n) is 4.89. The summed E-state index contributed by atoms with van der Waals surface area (Å²) in [6, 6.07) is 19.3. The molecule has 0 spiro atoms. The van der Waals surface area contributed by atoms with Crippen LogP contribution in [0.2, 0.25) is 0 Å². The highest BCUT2D eigenvalue weighted by Gasteiger charge is 2.51. The van der Waals surface area contributed by atoms with Crippen molar-refractivity contribution in [3.8, 4) is 0 Å². The van der Waals surface area contributed by atoms with Crippen molar-refractivity contribution in [3.63, 3.8) is 0 Å². The van der Waals surface area contributed by atoms with E-state index in [0.29, 0.717) is 6.42 Å². The maximum Gasteiger partial charge on any atom is 0.305 e. The Labute approximate surface area is 147 Å². The third-order valence-corrected chi connectivity index (χ3v) is 4.89.